The van der Waals surface area contributed by atoms with Gasteiger partial charge >= 0.3 is 5.97 Å². The highest BCUT2D eigenvalue weighted by Crippen LogP contribution is 2.23. The first kappa shape index (κ1) is 11.6. The Hall–Kier alpha value is -1.87. The Kier molecular flexibility index (Phi) is 3.40. The zero-order valence-corrected chi connectivity index (χ0v) is 9.68. The van der Waals surface area contributed by atoms with Crippen molar-refractivity contribution < 1.29 is 9.90 Å². The summed E-state index contributed by atoms with van der Waals surface area (Å²) < 4.78 is 0. The molecular weight excluding hydrogens is 214 g/mol. The molecule has 0 fully saturated rings. The summed E-state index contributed by atoms with van der Waals surface area (Å²) >= 11 is 0. The Morgan fingerprint density at radius 3 is 2.71 bits per heavy atom. The van der Waals surface area contributed by atoms with Crippen LogP contribution in [0.25, 0.3) is 10.8 Å². The Labute approximate surface area is 100 Å². The Morgan fingerprint density at radius 2 is 1.94 bits per heavy atom. The first-order valence-electron chi connectivity index (χ1n) is 5.61. The van der Waals surface area contributed by atoms with Crippen LogP contribution in [0.5, 0.6) is 0 Å². The van der Waals surface area contributed by atoms with Crippen molar-refractivity contribution in [3.8, 4) is 0 Å². The van der Waals surface area contributed by atoms with Gasteiger partial charge in [-0.15, -0.1) is 0 Å². The van der Waals surface area contributed by atoms with E-state index in [9.17, 15) is 4.79 Å². The second-order valence-corrected chi connectivity index (χ2v) is 4.06. The van der Waals surface area contributed by atoms with Gasteiger partial charge in [-0.2, -0.15) is 0 Å². The fourth-order valence-corrected chi connectivity index (χ4v) is 1.98. The molecule has 2 aromatic rings. The standard InChI is InChI=1S/C14H15NO2/c1-10(15-9-14(16)17)12-8-4-6-11-5-2-3-7-13(11)12/h2-8,10,15H,9H2,1H3,(H,16,17)/t10-/m0/s1. The number of nitrogens with one attached hydrogen (secondary N) is 1. The van der Waals surface area contributed by atoms with Crippen molar-refractivity contribution in [3.05, 3.63) is 48.0 Å². The molecule has 0 aliphatic rings. The molecule has 0 saturated carbocycles. The molecule has 88 valence electrons. The van der Waals surface area contributed by atoms with Crippen LogP contribution < -0.4 is 5.32 Å². The number of carboxylic acid groups (broad SMARTS) is 1. The first-order chi connectivity index (χ1) is 8.18. The Bertz CT molecular complexity index is 531. The molecule has 1 atom stereocenters. The number of rotatable bonds is 4. The fourth-order valence-electron chi connectivity index (χ4n) is 1.98. The number of carbonyl (C=O) groups is 1. The number of hydrogen-bond donors (Lipinski definition) is 2. The van der Waals surface area contributed by atoms with Crippen LogP contribution in [0, 0.1) is 0 Å². The van der Waals surface area contributed by atoms with Gasteiger partial charge in [0.05, 0.1) is 6.54 Å². The van der Waals surface area contributed by atoms with Crippen LogP contribution in [-0.2, 0) is 4.79 Å². The summed E-state index contributed by atoms with van der Waals surface area (Å²) in [7, 11) is 0. The lowest BCUT2D eigenvalue weighted by atomic mass is 10.00. The van der Waals surface area contributed by atoms with Gasteiger partial charge < -0.3 is 10.4 Å². The van der Waals surface area contributed by atoms with E-state index in [2.05, 4.69) is 23.5 Å². The number of hydrogen-bond acceptors (Lipinski definition) is 2. The van der Waals surface area contributed by atoms with E-state index < -0.39 is 5.97 Å². The zero-order chi connectivity index (χ0) is 12.3. The molecule has 0 amide bonds. The smallest absolute Gasteiger partial charge is 0.317 e. The Balaban J connectivity index is 2.31. The number of benzene rings is 2. The minimum Gasteiger partial charge on any atom is -0.480 e. The van der Waals surface area contributed by atoms with Gasteiger partial charge in [-0.25, -0.2) is 0 Å². The molecular formula is C14H15NO2. The van der Waals surface area contributed by atoms with Gasteiger partial charge in [-0.1, -0.05) is 42.5 Å². The average Bonchev–Trinajstić information content (AvgIpc) is 2.35. The summed E-state index contributed by atoms with van der Waals surface area (Å²) in [6, 6.07) is 14.2. The number of carboxylic acids is 1. The van der Waals surface area contributed by atoms with Gasteiger partial charge in [-0.3, -0.25) is 4.79 Å². The number of fused-ring (bicyclic) bond motifs is 1. The van der Waals surface area contributed by atoms with Gasteiger partial charge in [0, 0.05) is 6.04 Å². The predicted octanol–water partition coefficient (Wildman–Crippen LogP) is 2.58. The molecule has 0 aliphatic heterocycles. The van der Waals surface area contributed by atoms with Gasteiger partial charge in [-0.05, 0) is 23.3 Å². The third-order valence-electron chi connectivity index (χ3n) is 2.85. The van der Waals surface area contributed by atoms with Crippen LogP contribution >= 0.6 is 0 Å². The molecule has 0 unspecified atom stereocenters. The molecule has 0 heterocycles. The lowest BCUT2D eigenvalue weighted by Gasteiger charge is -2.15. The van der Waals surface area contributed by atoms with Crippen molar-refractivity contribution in [1.82, 2.24) is 5.32 Å². The quantitative estimate of drug-likeness (QED) is 0.847. The normalized spacial score (nSPS) is 12.5. The van der Waals surface area contributed by atoms with Crippen molar-refractivity contribution >= 4 is 16.7 Å². The third kappa shape index (κ3) is 2.63. The average molecular weight is 229 g/mol. The fraction of sp³-hybridized carbons (Fsp3) is 0.214. The van der Waals surface area contributed by atoms with Crippen molar-refractivity contribution in [2.45, 2.75) is 13.0 Å². The maximum Gasteiger partial charge on any atom is 0.317 e. The first-order valence-corrected chi connectivity index (χ1v) is 5.61. The summed E-state index contributed by atoms with van der Waals surface area (Å²) in [5, 5.41) is 14.0. The second-order valence-electron chi connectivity index (χ2n) is 4.06. The lowest BCUT2D eigenvalue weighted by Crippen LogP contribution is -2.25. The molecule has 2 aromatic carbocycles. The summed E-state index contributed by atoms with van der Waals surface area (Å²) in [5.41, 5.74) is 1.13. The van der Waals surface area contributed by atoms with Gasteiger partial charge in [0.25, 0.3) is 0 Å². The maximum absolute atomic E-state index is 10.5. The third-order valence-corrected chi connectivity index (χ3v) is 2.85. The lowest BCUT2D eigenvalue weighted by molar-refractivity contribution is -0.136. The van der Waals surface area contributed by atoms with Crippen LogP contribution in [0.3, 0.4) is 0 Å². The molecule has 0 saturated heterocycles. The number of aliphatic carboxylic acids is 1. The molecule has 0 spiro atoms. The van der Waals surface area contributed by atoms with E-state index >= 15 is 0 Å². The topological polar surface area (TPSA) is 49.3 Å². The van der Waals surface area contributed by atoms with Crippen LogP contribution in [0.2, 0.25) is 0 Å². The van der Waals surface area contributed by atoms with Crippen LogP contribution in [0.4, 0.5) is 0 Å². The van der Waals surface area contributed by atoms with E-state index in [1.165, 1.54) is 10.8 Å². The highest BCUT2D eigenvalue weighted by Gasteiger charge is 2.09. The molecule has 17 heavy (non-hydrogen) atoms. The highest BCUT2D eigenvalue weighted by molar-refractivity contribution is 5.86. The summed E-state index contributed by atoms with van der Waals surface area (Å²) in [5.74, 6) is -0.836. The van der Waals surface area contributed by atoms with Crippen LogP contribution in [0.1, 0.15) is 18.5 Å². The summed E-state index contributed by atoms with van der Waals surface area (Å²) in [6.45, 7) is 1.95. The molecule has 3 nitrogen and oxygen atoms in total. The molecule has 3 heteroatoms. The van der Waals surface area contributed by atoms with Gasteiger partial charge in [0.1, 0.15) is 0 Å². The van der Waals surface area contributed by atoms with E-state index in [0.717, 1.165) is 5.56 Å². The van der Waals surface area contributed by atoms with Crippen molar-refractivity contribution in [2.24, 2.45) is 0 Å². The molecule has 2 N–H and O–H groups in total. The molecule has 0 radical (unpaired) electrons. The van der Waals surface area contributed by atoms with E-state index in [-0.39, 0.29) is 12.6 Å². The monoisotopic (exact) mass is 229 g/mol. The minimum absolute atomic E-state index is 0.0234. The highest BCUT2D eigenvalue weighted by atomic mass is 16.4. The molecule has 0 bridgehead atoms. The zero-order valence-electron chi connectivity index (χ0n) is 9.68. The van der Waals surface area contributed by atoms with E-state index in [4.69, 9.17) is 5.11 Å². The SMILES string of the molecule is C[C@H](NCC(=O)O)c1cccc2ccccc12. The van der Waals surface area contributed by atoms with Crippen molar-refractivity contribution in [3.63, 3.8) is 0 Å². The van der Waals surface area contributed by atoms with E-state index in [1.54, 1.807) is 0 Å². The maximum atomic E-state index is 10.5. The predicted molar refractivity (Wildman–Crippen MR) is 68.0 cm³/mol. The van der Waals surface area contributed by atoms with Gasteiger partial charge in [0.2, 0.25) is 0 Å². The van der Waals surface area contributed by atoms with E-state index in [0.29, 0.717) is 0 Å². The molecule has 0 aromatic heterocycles. The van der Waals surface area contributed by atoms with Crippen LogP contribution in [-0.4, -0.2) is 17.6 Å². The largest absolute Gasteiger partial charge is 0.480 e. The van der Waals surface area contributed by atoms with E-state index in [1.807, 2.05) is 31.2 Å². The van der Waals surface area contributed by atoms with Crippen molar-refractivity contribution in [1.29, 1.82) is 0 Å². The summed E-state index contributed by atoms with van der Waals surface area (Å²) in [4.78, 5) is 10.5. The second kappa shape index (κ2) is 4.97. The molecule has 2 rings (SSSR count). The Morgan fingerprint density at radius 1 is 1.24 bits per heavy atom. The van der Waals surface area contributed by atoms with Gasteiger partial charge in [0.15, 0.2) is 0 Å². The van der Waals surface area contributed by atoms with Crippen molar-refractivity contribution in [2.75, 3.05) is 6.54 Å². The molecule has 0 aliphatic carbocycles. The van der Waals surface area contributed by atoms with Crippen LogP contribution in [0.15, 0.2) is 42.5 Å². The minimum atomic E-state index is -0.836. The summed E-state index contributed by atoms with van der Waals surface area (Å²) in [6.07, 6.45) is 0.